The van der Waals surface area contributed by atoms with E-state index >= 15 is 0 Å². The maximum atomic E-state index is 4.27. The quantitative estimate of drug-likeness (QED) is 0.916. The molecule has 18 heavy (non-hydrogen) atoms. The van der Waals surface area contributed by atoms with Crippen LogP contribution in [0, 0.1) is 0 Å². The van der Waals surface area contributed by atoms with Gasteiger partial charge < -0.3 is 5.32 Å². The van der Waals surface area contributed by atoms with Crippen molar-refractivity contribution < 1.29 is 0 Å². The predicted molar refractivity (Wildman–Crippen MR) is 77.3 cm³/mol. The highest BCUT2D eigenvalue weighted by Crippen LogP contribution is 2.16. The Hall–Kier alpha value is -1.13. The molecule has 4 heteroatoms. The minimum absolute atomic E-state index is 0.332. The second-order valence-electron chi connectivity index (χ2n) is 4.29. The molecule has 0 saturated carbocycles. The van der Waals surface area contributed by atoms with Crippen molar-refractivity contribution >= 4 is 15.9 Å². The van der Waals surface area contributed by atoms with Gasteiger partial charge in [0.2, 0.25) is 0 Å². The summed E-state index contributed by atoms with van der Waals surface area (Å²) in [5.41, 5.74) is 2.52. The van der Waals surface area contributed by atoms with E-state index in [0.717, 1.165) is 17.6 Å². The molecule has 2 aromatic rings. The van der Waals surface area contributed by atoms with Gasteiger partial charge in [0, 0.05) is 29.8 Å². The molecule has 0 aliphatic carbocycles. The Morgan fingerprint density at radius 2 is 2.00 bits per heavy atom. The van der Waals surface area contributed by atoms with Crippen LogP contribution in [-0.4, -0.2) is 9.78 Å². The third kappa shape index (κ3) is 3.21. The fourth-order valence-electron chi connectivity index (χ4n) is 1.92. The molecule has 0 bridgehead atoms. The van der Waals surface area contributed by atoms with Crippen LogP contribution in [0.4, 0.5) is 0 Å². The molecule has 2 rings (SSSR count). The van der Waals surface area contributed by atoms with Gasteiger partial charge in [0.15, 0.2) is 0 Å². The SMILES string of the molecule is CCn1nccc1CN[C@H](C)c1ccc(Br)cc1. The van der Waals surface area contributed by atoms with Crippen LogP contribution in [0.3, 0.4) is 0 Å². The predicted octanol–water partition coefficient (Wildman–Crippen LogP) is 3.52. The molecule has 0 unspecified atom stereocenters. The fraction of sp³-hybridized carbons (Fsp3) is 0.357. The Kier molecular flexibility index (Phi) is 4.55. The number of hydrogen-bond acceptors (Lipinski definition) is 2. The monoisotopic (exact) mass is 307 g/mol. The number of benzene rings is 1. The normalized spacial score (nSPS) is 12.6. The van der Waals surface area contributed by atoms with Crippen LogP contribution in [0.25, 0.3) is 0 Å². The summed E-state index contributed by atoms with van der Waals surface area (Å²) < 4.78 is 3.13. The Labute approximate surface area is 116 Å². The first-order valence-electron chi connectivity index (χ1n) is 6.20. The topological polar surface area (TPSA) is 29.9 Å². The molecule has 96 valence electrons. The van der Waals surface area contributed by atoms with Crippen LogP contribution in [0.1, 0.15) is 31.1 Å². The lowest BCUT2D eigenvalue weighted by Crippen LogP contribution is -2.20. The molecule has 0 aliphatic rings. The van der Waals surface area contributed by atoms with Crippen molar-refractivity contribution in [1.82, 2.24) is 15.1 Å². The third-order valence-corrected chi connectivity index (χ3v) is 3.59. The summed E-state index contributed by atoms with van der Waals surface area (Å²) >= 11 is 3.45. The highest BCUT2D eigenvalue weighted by atomic mass is 79.9. The number of halogens is 1. The molecule has 1 N–H and O–H groups in total. The Morgan fingerprint density at radius 1 is 1.28 bits per heavy atom. The molecule has 1 aromatic heterocycles. The number of nitrogens with one attached hydrogen (secondary N) is 1. The zero-order valence-corrected chi connectivity index (χ0v) is 12.3. The van der Waals surface area contributed by atoms with Gasteiger partial charge in [-0.3, -0.25) is 4.68 Å². The lowest BCUT2D eigenvalue weighted by molar-refractivity contribution is 0.531. The summed E-state index contributed by atoms with van der Waals surface area (Å²) in [5, 5.41) is 7.79. The van der Waals surface area contributed by atoms with Crippen molar-refractivity contribution in [2.45, 2.75) is 33.0 Å². The standard InChI is InChI=1S/C14H18BrN3/c1-3-18-14(8-9-17-18)10-16-11(2)12-4-6-13(15)7-5-12/h4-9,11,16H,3,10H2,1-2H3/t11-/m1/s1. The van der Waals surface area contributed by atoms with Crippen molar-refractivity contribution in [2.24, 2.45) is 0 Å². The minimum atomic E-state index is 0.332. The van der Waals surface area contributed by atoms with E-state index in [4.69, 9.17) is 0 Å². The second kappa shape index (κ2) is 6.16. The highest BCUT2D eigenvalue weighted by Gasteiger charge is 2.06. The average Bonchev–Trinajstić information content (AvgIpc) is 2.84. The molecule has 1 heterocycles. The van der Waals surface area contributed by atoms with Gasteiger partial charge >= 0.3 is 0 Å². The highest BCUT2D eigenvalue weighted by molar-refractivity contribution is 9.10. The molecular formula is C14H18BrN3. The largest absolute Gasteiger partial charge is 0.305 e. The Balaban J connectivity index is 1.96. The van der Waals surface area contributed by atoms with E-state index in [0.29, 0.717) is 6.04 Å². The lowest BCUT2D eigenvalue weighted by Gasteiger charge is -2.14. The van der Waals surface area contributed by atoms with Crippen molar-refractivity contribution in [3.63, 3.8) is 0 Å². The van der Waals surface area contributed by atoms with E-state index in [1.807, 2.05) is 10.9 Å². The molecule has 0 saturated heterocycles. The second-order valence-corrected chi connectivity index (χ2v) is 5.21. The first-order chi connectivity index (χ1) is 8.70. The van der Waals surface area contributed by atoms with Crippen molar-refractivity contribution in [3.05, 3.63) is 52.3 Å². The minimum Gasteiger partial charge on any atom is -0.305 e. The summed E-state index contributed by atoms with van der Waals surface area (Å²) in [6.45, 7) is 6.03. The van der Waals surface area contributed by atoms with Gasteiger partial charge in [-0.15, -0.1) is 0 Å². The maximum absolute atomic E-state index is 4.27. The van der Waals surface area contributed by atoms with Crippen LogP contribution in [0.5, 0.6) is 0 Å². The molecular weight excluding hydrogens is 290 g/mol. The summed E-state index contributed by atoms with van der Waals surface area (Å²) in [7, 11) is 0. The number of nitrogens with zero attached hydrogens (tertiary/aromatic N) is 2. The van der Waals surface area contributed by atoms with Crippen LogP contribution in [0.2, 0.25) is 0 Å². The van der Waals surface area contributed by atoms with Crippen LogP contribution in [0.15, 0.2) is 41.0 Å². The molecule has 1 aromatic carbocycles. The number of hydrogen-bond donors (Lipinski definition) is 1. The molecule has 3 nitrogen and oxygen atoms in total. The summed E-state index contributed by atoms with van der Waals surface area (Å²) in [4.78, 5) is 0. The third-order valence-electron chi connectivity index (χ3n) is 3.06. The first-order valence-corrected chi connectivity index (χ1v) is 6.99. The van der Waals surface area contributed by atoms with E-state index < -0.39 is 0 Å². The van der Waals surface area contributed by atoms with E-state index in [9.17, 15) is 0 Å². The van der Waals surface area contributed by atoms with Crippen molar-refractivity contribution in [2.75, 3.05) is 0 Å². The van der Waals surface area contributed by atoms with Gasteiger partial charge in [-0.05, 0) is 37.6 Å². The van der Waals surface area contributed by atoms with Crippen molar-refractivity contribution in [1.29, 1.82) is 0 Å². The van der Waals surface area contributed by atoms with Crippen LogP contribution in [-0.2, 0) is 13.1 Å². The van der Waals surface area contributed by atoms with E-state index in [2.05, 4.69) is 70.5 Å². The van der Waals surface area contributed by atoms with Gasteiger partial charge in [-0.25, -0.2) is 0 Å². The number of rotatable bonds is 5. The number of aromatic nitrogens is 2. The lowest BCUT2D eigenvalue weighted by atomic mass is 10.1. The molecule has 0 fully saturated rings. The zero-order valence-electron chi connectivity index (χ0n) is 10.7. The Morgan fingerprint density at radius 3 is 2.67 bits per heavy atom. The van der Waals surface area contributed by atoms with Gasteiger partial charge in [0.1, 0.15) is 0 Å². The average molecular weight is 308 g/mol. The zero-order chi connectivity index (χ0) is 13.0. The summed E-state index contributed by atoms with van der Waals surface area (Å²) in [6.07, 6.45) is 1.85. The van der Waals surface area contributed by atoms with Gasteiger partial charge in [0.25, 0.3) is 0 Å². The Bertz CT molecular complexity index is 490. The van der Waals surface area contributed by atoms with Gasteiger partial charge in [0.05, 0.1) is 5.69 Å². The molecule has 0 radical (unpaired) electrons. The van der Waals surface area contributed by atoms with Crippen LogP contribution >= 0.6 is 15.9 Å². The number of aryl methyl sites for hydroxylation is 1. The molecule has 0 amide bonds. The fourth-order valence-corrected chi connectivity index (χ4v) is 2.19. The summed E-state index contributed by atoms with van der Waals surface area (Å²) in [5.74, 6) is 0. The van der Waals surface area contributed by atoms with Gasteiger partial charge in [-0.2, -0.15) is 5.10 Å². The smallest absolute Gasteiger partial charge is 0.0522 e. The molecule has 1 atom stereocenters. The van der Waals surface area contributed by atoms with E-state index in [1.54, 1.807) is 0 Å². The summed E-state index contributed by atoms with van der Waals surface area (Å²) in [6, 6.07) is 10.8. The van der Waals surface area contributed by atoms with E-state index in [1.165, 1.54) is 11.3 Å². The van der Waals surface area contributed by atoms with Crippen LogP contribution < -0.4 is 5.32 Å². The maximum Gasteiger partial charge on any atom is 0.0522 e. The first kappa shape index (κ1) is 13.3. The molecule has 0 aliphatic heterocycles. The van der Waals surface area contributed by atoms with Crippen molar-refractivity contribution in [3.8, 4) is 0 Å². The van der Waals surface area contributed by atoms with E-state index in [-0.39, 0.29) is 0 Å². The molecule has 0 spiro atoms. The van der Waals surface area contributed by atoms with Gasteiger partial charge in [-0.1, -0.05) is 28.1 Å².